The first-order valence-corrected chi connectivity index (χ1v) is 10.3. The lowest BCUT2D eigenvalue weighted by atomic mass is 10.1. The van der Waals surface area contributed by atoms with Gasteiger partial charge in [-0.3, -0.25) is 0 Å². The molecule has 1 aromatic carbocycles. The zero-order valence-corrected chi connectivity index (χ0v) is 17.9. The van der Waals surface area contributed by atoms with E-state index in [1.165, 1.54) is 0 Å². The van der Waals surface area contributed by atoms with Gasteiger partial charge in [0.15, 0.2) is 5.15 Å². The van der Waals surface area contributed by atoms with E-state index in [9.17, 15) is 4.21 Å². The van der Waals surface area contributed by atoms with Crippen LogP contribution in [0.1, 0.15) is 51.3 Å². The van der Waals surface area contributed by atoms with Gasteiger partial charge in [0.05, 0.1) is 22.8 Å². The third-order valence-electron chi connectivity index (χ3n) is 4.00. The lowest BCUT2D eigenvalue weighted by Gasteiger charge is -2.24. The Morgan fingerprint density at radius 1 is 1.22 bits per heavy atom. The number of ether oxygens (including phenoxy) is 1. The molecule has 0 saturated carbocycles. The van der Waals surface area contributed by atoms with Crippen LogP contribution < -0.4 is 14.8 Å². The van der Waals surface area contributed by atoms with Gasteiger partial charge in [-0.25, -0.2) is 8.93 Å². The minimum absolute atomic E-state index is 0.172. The number of nitrogens with zero attached hydrogens (tertiary/aromatic N) is 2. The lowest BCUT2D eigenvalue weighted by Crippen LogP contribution is -2.35. The Bertz CT molecular complexity index is 778. The molecular formula is C19H27ClN4O2S. The fraction of sp³-hybridized carbons (Fsp3) is 0.474. The zero-order valence-electron chi connectivity index (χ0n) is 16.4. The standard InChI is InChI=1S/C19H27ClN4O2S/c1-6-16(24-27(25)19(2,3)4)15-11-17(22-23-18(15)20)21-12-13-7-9-14(26-5)10-8-13/h7-11,16,24H,6,12H2,1-5H3,(H,21,22)/t16-,27-/m1/s1. The summed E-state index contributed by atoms with van der Waals surface area (Å²) >= 11 is 6.26. The van der Waals surface area contributed by atoms with Crippen molar-refractivity contribution in [2.45, 2.75) is 51.4 Å². The molecule has 0 saturated heterocycles. The van der Waals surface area contributed by atoms with E-state index in [0.717, 1.165) is 23.3 Å². The van der Waals surface area contributed by atoms with Crippen molar-refractivity contribution in [3.8, 4) is 5.75 Å². The second kappa shape index (κ2) is 9.48. The number of hydrogen-bond acceptors (Lipinski definition) is 5. The minimum Gasteiger partial charge on any atom is -0.497 e. The molecule has 2 rings (SSSR count). The van der Waals surface area contributed by atoms with Gasteiger partial charge in [-0.1, -0.05) is 30.7 Å². The molecule has 1 aromatic heterocycles. The molecule has 0 fully saturated rings. The minimum atomic E-state index is -1.21. The zero-order chi connectivity index (χ0) is 20.0. The van der Waals surface area contributed by atoms with Crippen molar-refractivity contribution in [3.05, 3.63) is 46.6 Å². The van der Waals surface area contributed by atoms with Crippen molar-refractivity contribution in [2.75, 3.05) is 12.4 Å². The Balaban J connectivity index is 2.12. The monoisotopic (exact) mass is 410 g/mol. The lowest BCUT2D eigenvalue weighted by molar-refractivity contribution is 0.414. The number of methoxy groups -OCH3 is 1. The number of anilines is 1. The number of hydrogen-bond donors (Lipinski definition) is 2. The third kappa shape index (κ3) is 6.16. The number of nitrogens with one attached hydrogen (secondary N) is 2. The summed E-state index contributed by atoms with van der Waals surface area (Å²) in [6.07, 6.45) is 0.727. The van der Waals surface area contributed by atoms with Crippen molar-refractivity contribution in [3.63, 3.8) is 0 Å². The van der Waals surface area contributed by atoms with Crippen LogP contribution in [0.4, 0.5) is 5.82 Å². The molecule has 0 aliphatic carbocycles. The Hall–Kier alpha value is -1.70. The highest BCUT2D eigenvalue weighted by molar-refractivity contribution is 7.84. The van der Waals surface area contributed by atoms with E-state index >= 15 is 0 Å². The first-order valence-electron chi connectivity index (χ1n) is 8.82. The van der Waals surface area contributed by atoms with Gasteiger partial charge in [0.1, 0.15) is 11.6 Å². The van der Waals surface area contributed by atoms with E-state index in [2.05, 4.69) is 20.2 Å². The van der Waals surface area contributed by atoms with E-state index in [0.29, 0.717) is 17.5 Å². The van der Waals surface area contributed by atoms with Crippen LogP contribution in [0.5, 0.6) is 5.75 Å². The molecule has 1 heterocycles. The molecule has 2 atom stereocenters. The summed E-state index contributed by atoms with van der Waals surface area (Å²) in [5.74, 6) is 1.43. The van der Waals surface area contributed by atoms with Crippen LogP contribution >= 0.6 is 11.6 Å². The molecule has 0 bridgehead atoms. The smallest absolute Gasteiger partial charge is 0.156 e. The topological polar surface area (TPSA) is 76.1 Å². The van der Waals surface area contributed by atoms with Gasteiger partial charge in [-0.15, -0.1) is 10.2 Å². The highest BCUT2D eigenvalue weighted by atomic mass is 35.5. The Labute approximate surface area is 168 Å². The van der Waals surface area contributed by atoms with Crippen LogP contribution in [0, 0.1) is 0 Å². The van der Waals surface area contributed by atoms with E-state index in [1.54, 1.807) is 7.11 Å². The Morgan fingerprint density at radius 3 is 2.44 bits per heavy atom. The van der Waals surface area contributed by atoms with Gasteiger partial charge in [-0.2, -0.15) is 0 Å². The maximum absolute atomic E-state index is 12.5. The van der Waals surface area contributed by atoms with Gasteiger partial charge < -0.3 is 10.1 Å². The highest BCUT2D eigenvalue weighted by Crippen LogP contribution is 2.27. The maximum atomic E-state index is 12.5. The van der Waals surface area contributed by atoms with Crippen molar-refractivity contribution >= 4 is 28.4 Å². The van der Waals surface area contributed by atoms with Crippen LogP contribution in [-0.2, 0) is 17.5 Å². The molecule has 0 radical (unpaired) electrons. The second-order valence-electron chi connectivity index (χ2n) is 7.14. The maximum Gasteiger partial charge on any atom is 0.156 e. The quantitative estimate of drug-likeness (QED) is 0.680. The molecule has 0 spiro atoms. The first-order chi connectivity index (χ1) is 12.7. The van der Waals surface area contributed by atoms with Crippen molar-refractivity contribution in [1.29, 1.82) is 0 Å². The van der Waals surface area contributed by atoms with Crippen molar-refractivity contribution in [1.82, 2.24) is 14.9 Å². The van der Waals surface area contributed by atoms with Crippen LogP contribution in [0.3, 0.4) is 0 Å². The molecule has 2 N–H and O–H groups in total. The summed E-state index contributed by atoms with van der Waals surface area (Å²) in [5, 5.41) is 11.7. The number of benzene rings is 1. The van der Waals surface area contributed by atoms with Gasteiger partial charge in [0.25, 0.3) is 0 Å². The summed E-state index contributed by atoms with van der Waals surface area (Å²) in [4.78, 5) is 0. The summed E-state index contributed by atoms with van der Waals surface area (Å²) in [6, 6.07) is 9.48. The van der Waals surface area contributed by atoms with E-state index in [-0.39, 0.29) is 10.8 Å². The highest BCUT2D eigenvalue weighted by Gasteiger charge is 2.24. The van der Waals surface area contributed by atoms with Gasteiger partial charge in [0, 0.05) is 18.2 Å². The molecule has 0 unspecified atom stereocenters. The fourth-order valence-electron chi connectivity index (χ4n) is 2.33. The number of rotatable bonds is 8. The van der Waals surface area contributed by atoms with Gasteiger partial charge in [-0.05, 0) is 51.0 Å². The number of aromatic nitrogens is 2. The number of halogens is 1. The third-order valence-corrected chi connectivity index (χ3v) is 5.90. The summed E-state index contributed by atoms with van der Waals surface area (Å²) in [6.45, 7) is 8.39. The SMILES string of the molecule is CC[C@@H](N[S@](=O)C(C)(C)C)c1cc(NCc2ccc(OC)cc2)nnc1Cl. The summed E-state index contributed by atoms with van der Waals surface area (Å²) in [5.41, 5.74) is 1.87. The fourth-order valence-corrected chi connectivity index (χ4v) is 3.46. The van der Waals surface area contributed by atoms with Crippen LogP contribution in [-0.4, -0.2) is 26.3 Å². The van der Waals surface area contributed by atoms with E-state index in [1.807, 2.05) is 58.0 Å². The molecule has 148 valence electrons. The molecule has 0 amide bonds. The average molecular weight is 411 g/mol. The summed E-state index contributed by atoms with van der Waals surface area (Å²) < 4.78 is 20.4. The predicted octanol–water partition coefficient (Wildman–Crippen LogP) is 4.25. The Kier molecular flexibility index (Phi) is 7.59. The van der Waals surface area contributed by atoms with E-state index < -0.39 is 11.0 Å². The molecular weight excluding hydrogens is 384 g/mol. The molecule has 2 aromatic rings. The van der Waals surface area contributed by atoms with Gasteiger partial charge in [0.2, 0.25) is 0 Å². The van der Waals surface area contributed by atoms with Crippen LogP contribution in [0.25, 0.3) is 0 Å². The average Bonchev–Trinajstić information content (AvgIpc) is 2.65. The van der Waals surface area contributed by atoms with E-state index in [4.69, 9.17) is 16.3 Å². The molecule has 6 nitrogen and oxygen atoms in total. The second-order valence-corrected chi connectivity index (χ2v) is 9.49. The first kappa shape index (κ1) is 21.6. The predicted molar refractivity (Wildman–Crippen MR) is 111 cm³/mol. The Morgan fingerprint density at radius 2 is 1.89 bits per heavy atom. The summed E-state index contributed by atoms with van der Waals surface area (Å²) in [7, 11) is 0.433. The molecule has 27 heavy (non-hydrogen) atoms. The normalized spacial score (nSPS) is 13.9. The van der Waals surface area contributed by atoms with Crippen LogP contribution in [0.2, 0.25) is 5.15 Å². The molecule has 8 heteroatoms. The van der Waals surface area contributed by atoms with Crippen molar-refractivity contribution in [2.24, 2.45) is 0 Å². The molecule has 0 aliphatic heterocycles. The van der Waals surface area contributed by atoms with Gasteiger partial charge >= 0.3 is 0 Å². The van der Waals surface area contributed by atoms with Crippen molar-refractivity contribution < 1.29 is 8.95 Å². The molecule has 0 aliphatic rings. The van der Waals surface area contributed by atoms with Crippen LogP contribution in [0.15, 0.2) is 30.3 Å². The largest absolute Gasteiger partial charge is 0.497 e.